The van der Waals surface area contributed by atoms with E-state index in [0.717, 1.165) is 25.0 Å². The average molecular weight is 482 g/mol. The Balaban J connectivity index is 0.00000289. The van der Waals surface area contributed by atoms with Gasteiger partial charge >= 0.3 is 0 Å². The van der Waals surface area contributed by atoms with E-state index in [1.54, 1.807) is 12.3 Å². The van der Waals surface area contributed by atoms with Crippen molar-refractivity contribution in [3.05, 3.63) is 54.1 Å². The van der Waals surface area contributed by atoms with Crippen LogP contribution in [0.1, 0.15) is 33.1 Å². The van der Waals surface area contributed by atoms with Gasteiger partial charge in [0, 0.05) is 24.7 Å². The normalized spacial score (nSPS) is 13.8. The van der Waals surface area contributed by atoms with E-state index in [2.05, 4.69) is 30.2 Å². The highest BCUT2D eigenvalue weighted by Crippen LogP contribution is 2.30. The SMILES string of the molecule is C.Cc1nc2c(F)cc(-c3nc(Nc4ccc(N5CCOCC5)cn4)ncc3F)cc2n1C(C)C. The molecule has 1 aromatic carbocycles. The summed E-state index contributed by atoms with van der Waals surface area (Å²) in [6.07, 6.45) is 2.83. The molecule has 0 amide bonds. The number of fused-ring (bicyclic) bond motifs is 1. The Bertz CT molecular complexity index is 1330. The molecule has 8 nitrogen and oxygen atoms in total. The molecule has 1 N–H and O–H groups in total. The van der Waals surface area contributed by atoms with Crippen LogP contribution in [0.3, 0.4) is 0 Å². The Kier molecular flexibility index (Phi) is 6.93. The maximum absolute atomic E-state index is 14.9. The number of aromatic nitrogens is 5. The molecule has 1 aliphatic rings. The number of morpholine rings is 1. The molecular weight excluding hydrogens is 452 g/mol. The van der Waals surface area contributed by atoms with Crippen LogP contribution in [0.2, 0.25) is 0 Å². The van der Waals surface area contributed by atoms with Crippen LogP contribution in [0.5, 0.6) is 0 Å². The van der Waals surface area contributed by atoms with Crippen LogP contribution in [0.4, 0.5) is 26.2 Å². The van der Waals surface area contributed by atoms with E-state index in [1.165, 1.54) is 6.07 Å². The summed E-state index contributed by atoms with van der Waals surface area (Å²) in [4.78, 5) is 19.3. The van der Waals surface area contributed by atoms with Gasteiger partial charge in [-0.05, 0) is 45.0 Å². The Labute approximate surface area is 203 Å². The van der Waals surface area contributed by atoms with Crippen molar-refractivity contribution in [2.45, 2.75) is 34.2 Å². The molecule has 0 bridgehead atoms. The van der Waals surface area contributed by atoms with Crippen LogP contribution in [0.15, 0.2) is 36.7 Å². The number of nitrogens with zero attached hydrogens (tertiary/aromatic N) is 6. The first-order valence-electron chi connectivity index (χ1n) is 11.2. The van der Waals surface area contributed by atoms with E-state index in [9.17, 15) is 8.78 Å². The van der Waals surface area contributed by atoms with Crippen molar-refractivity contribution in [3.8, 4) is 11.3 Å². The second kappa shape index (κ2) is 9.91. The summed E-state index contributed by atoms with van der Waals surface area (Å²) in [6, 6.07) is 6.79. The van der Waals surface area contributed by atoms with Gasteiger partial charge in [-0.1, -0.05) is 7.43 Å². The molecule has 0 atom stereocenters. The number of imidazole rings is 1. The fourth-order valence-electron chi connectivity index (χ4n) is 4.27. The standard InChI is InChI=1S/C24H25F2N7O.CH4/c1-14(2)33-15(3)29-23-18(25)10-16(11-20(23)33)22-19(26)13-28-24(31-22)30-21-5-4-17(12-27-21)32-6-8-34-9-7-32;/h4-5,10-14H,6-9H2,1-3H3,(H,27,28,30,31);1H4. The number of benzene rings is 1. The molecule has 3 aromatic heterocycles. The van der Waals surface area contributed by atoms with Gasteiger partial charge < -0.3 is 19.5 Å². The Morgan fingerprint density at radius 2 is 1.77 bits per heavy atom. The minimum absolute atomic E-state index is 0. The lowest BCUT2D eigenvalue weighted by molar-refractivity contribution is 0.122. The zero-order valence-corrected chi connectivity index (χ0v) is 19.2. The number of ether oxygens (including phenoxy) is 1. The van der Waals surface area contributed by atoms with E-state index in [0.29, 0.717) is 35.9 Å². The predicted octanol–water partition coefficient (Wildman–Crippen LogP) is 5.27. The van der Waals surface area contributed by atoms with Gasteiger partial charge in [0.05, 0.1) is 36.8 Å². The first-order chi connectivity index (χ1) is 16.4. The second-order valence-corrected chi connectivity index (χ2v) is 8.46. The van der Waals surface area contributed by atoms with Crippen molar-refractivity contribution < 1.29 is 13.5 Å². The molecule has 1 saturated heterocycles. The number of rotatable bonds is 5. The fourth-order valence-corrected chi connectivity index (χ4v) is 4.27. The molecule has 0 unspecified atom stereocenters. The Hall–Kier alpha value is -3.66. The van der Waals surface area contributed by atoms with Gasteiger partial charge in [0.1, 0.15) is 22.9 Å². The second-order valence-electron chi connectivity index (χ2n) is 8.46. The number of anilines is 3. The molecule has 4 aromatic rings. The lowest BCUT2D eigenvalue weighted by atomic mass is 10.1. The minimum atomic E-state index is -0.646. The van der Waals surface area contributed by atoms with Gasteiger partial charge in [-0.3, -0.25) is 0 Å². The molecule has 0 aliphatic carbocycles. The topological polar surface area (TPSA) is 81.0 Å². The number of aryl methyl sites for hydroxylation is 1. The highest BCUT2D eigenvalue weighted by atomic mass is 19.1. The first kappa shape index (κ1) is 24.5. The summed E-state index contributed by atoms with van der Waals surface area (Å²) >= 11 is 0. The molecule has 0 spiro atoms. The maximum atomic E-state index is 14.9. The summed E-state index contributed by atoms with van der Waals surface area (Å²) in [5.41, 5.74) is 2.15. The first-order valence-corrected chi connectivity index (χ1v) is 11.2. The van der Waals surface area contributed by atoms with E-state index in [-0.39, 0.29) is 30.6 Å². The summed E-state index contributed by atoms with van der Waals surface area (Å²) in [7, 11) is 0. The summed E-state index contributed by atoms with van der Waals surface area (Å²) < 4.78 is 36.9. The Morgan fingerprint density at radius 3 is 2.46 bits per heavy atom. The van der Waals surface area contributed by atoms with Gasteiger partial charge in [0.15, 0.2) is 11.6 Å². The summed E-state index contributed by atoms with van der Waals surface area (Å²) in [5, 5.41) is 3.00. The predicted molar refractivity (Wildman–Crippen MR) is 133 cm³/mol. The molecule has 0 radical (unpaired) electrons. The third kappa shape index (κ3) is 4.79. The highest BCUT2D eigenvalue weighted by molar-refractivity contribution is 5.83. The van der Waals surface area contributed by atoms with Crippen LogP contribution >= 0.6 is 0 Å². The maximum Gasteiger partial charge on any atom is 0.229 e. The molecular formula is C25H29F2N7O. The Morgan fingerprint density at radius 1 is 1.00 bits per heavy atom. The van der Waals surface area contributed by atoms with Crippen molar-refractivity contribution in [3.63, 3.8) is 0 Å². The quantitative estimate of drug-likeness (QED) is 0.416. The van der Waals surface area contributed by atoms with E-state index < -0.39 is 11.6 Å². The van der Waals surface area contributed by atoms with Crippen molar-refractivity contribution in [1.82, 2.24) is 24.5 Å². The van der Waals surface area contributed by atoms with Gasteiger partial charge in [-0.2, -0.15) is 0 Å². The monoisotopic (exact) mass is 481 g/mol. The third-order valence-corrected chi connectivity index (χ3v) is 5.82. The fraction of sp³-hybridized carbons (Fsp3) is 0.360. The lowest BCUT2D eigenvalue weighted by Gasteiger charge is -2.28. The van der Waals surface area contributed by atoms with Crippen molar-refractivity contribution in [1.29, 1.82) is 0 Å². The summed E-state index contributed by atoms with van der Waals surface area (Å²) in [6.45, 7) is 8.81. The number of hydrogen-bond donors (Lipinski definition) is 1. The van der Waals surface area contributed by atoms with Crippen LogP contribution in [0.25, 0.3) is 22.3 Å². The van der Waals surface area contributed by atoms with Crippen molar-refractivity contribution >= 4 is 28.5 Å². The smallest absolute Gasteiger partial charge is 0.229 e. The van der Waals surface area contributed by atoms with E-state index in [4.69, 9.17) is 4.74 Å². The van der Waals surface area contributed by atoms with Gasteiger partial charge in [-0.25, -0.2) is 28.7 Å². The van der Waals surface area contributed by atoms with Crippen LogP contribution in [-0.2, 0) is 4.74 Å². The van der Waals surface area contributed by atoms with Crippen LogP contribution in [-0.4, -0.2) is 50.8 Å². The average Bonchev–Trinajstić information content (AvgIpc) is 3.18. The number of hydrogen-bond acceptors (Lipinski definition) is 7. The molecule has 35 heavy (non-hydrogen) atoms. The zero-order valence-electron chi connectivity index (χ0n) is 19.2. The van der Waals surface area contributed by atoms with Gasteiger partial charge in [-0.15, -0.1) is 0 Å². The van der Waals surface area contributed by atoms with Crippen LogP contribution in [0, 0.1) is 18.6 Å². The van der Waals surface area contributed by atoms with Gasteiger partial charge in [0.25, 0.3) is 0 Å². The van der Waals surface area contributed by atoms with Crippen molar-refractivity contribution in [2.75, 3.05) is 36.5 Å². The molecule has 1 aliphatic heterocycles. The largest absolute Gasteiger partial charge is 0.378 e. The van der Waals surface area contributed by atoms with Crippen LogP contribution < -0.4 is 10.2 Å². The van der Waals surface area contributed by atoms with E-state index >= 15 is 0 Å². The highest BCUT2D eigenvalue weighted by Gasteiger charge is 2.18. The van der Waals surface area contributed by atoms with E-state index in [1.807, 2.05) is 37.5 Å². The number of nitrogens with one attached hydrogen (secondary N) is 1. The zero-order chi connectivity index (χ0) is 23.8. The molecule has 184 valence electrons. The van der Waals surface area contributed by atoms with Gasteiger partial charge in [0.2, 0.25) is 5.95 Å². The molecule has 10 heteroatoms. The number of pyridine rings is 1. The molecule has 4 heterocycles. The third-order valence-electron chi connectivity index (χ3n) is 5.82. The van der Waals surface area contributed by atoms with Crippen molar-refractivity contribution in [2.24, 2.45) is 0 Å². The minimum Gasteiger partial charge on any atom is -0.378 e. The molecule has 1 fully saturated rings. The molecule has 5 rings (SSSR count). The summed E-state index contributed by atoms with van der Waals surface area (Å²) in [5.74, 6) is 0.204. The molecule has 0 saturated carbocycles. The number of halogens is 2. The lowest BCUT2D eigenvalue weighted by Crippen LogP contribution is -2.36.